The third-order valence-electron chi connectivity index (χ3n) is 6.90. The molecule has 1 atom stereocenters. The second kappa shape index (κ2) is 7.95. The van der Waals surface area contributed by atoms with E-state index in [4.69, 9.17) is 38.0 Å². The van der Waals surface area contributed by atoms with Crippen LogP contribution in [0, 0.1) is 12.3 Å². The lowest BCUT2D eigenvalue weighted by Crippen LogP contribution is -2.41. The highest BCUT2D eigenvalue weighted by molar-refractivity contribution is 6.43. The van der Waals surface area contributed by atoms with E-state index < -0.39 is 0 Å². The van der Waals surface area contributed by atoms with E-state index in [1.807, 2.05) is 23.6 Å². The number of aryl methyl sites for hydroxylation is 2. The van der Waals surface area contributed by atoms with Crippen LogP contribution in [-0.4, -0.2) is 40.4 Å². The molecule has 31 heavy (non-hydrogen) atoms. The average Bonchev–Trinajstić information content (AvgIpc) is 3.34. The zero-order valence-electron chi connectivity index (χ0n) is 18.3. The van der Waals surface area contributed by atoms with Gasteiger partial charge in [-0.1, -0.05) is 42.3 Å². The molecule has 0 N–H and O–H groups in total. The molecule has 0 radical (unpaired) electrons. The molecule has 5 nitrogen and oxygen atoms in total. The molecule has 164 valence electrons. The Morgan fingerprint density at radius 3 is 2.68 bits per heavy atom. The van der Waals surface area contributed by atoms with E-state index in [0.29, 0.717) is 21.6 Å². The summed E-state index contributed by atoms with van der Waals surface area (Å²) in [6.45, 7) is 9.21. The predicted octanol–water partition coefficient (Wildman–Crippen LogP) is 5.97. The Morgan fingerprint density at radius 2 is 2.00 bits per heavy atom. The highest BCUT2D eigenvalue weighted by atomic mass is 35.5. The molecule has 5 rings (SSSR count). The maximum absolute atomic E-state index is 6.59. The van der Waals surface area contributed by atoms with E-state index >= 15 is 0 Å². The zero-order chi connectivity index (χ0) is 21.8. The van der Waals surface area contributed by atoms with Crippen molar-refractivity contribution in [1.29, 1.82) is 0 Å². The van der Waals surface area contributed by atoms with E-state index in [-0.39, 0.29) is 0 Å². The van der Waals surface area contributed by atoms with Gasteiger partial charge in [0.25, 0.3) is 0 Å². The second-order valence-electron chi connectivity index (χ2n) is 9.07. The number of fused-ring (bicyclic) bond motifs is 1. The van der Waals surface area contributed by atoms with Crippen LogP contribution in [0.2, 0.25) is 10.0 Å². The lowest BCUT2D eigenvalue weighted by molar-refractivity contribution is 0.0976. The lowest BCUT2D eigenvalue weighted by atomic mass is 9.77. The molecule has 1 aromatic carbocycles. The minimum atomic E-state index is 0.338. The Hall–Kier alpha value is -1.82. The number of nitrogens with zero attached hydrogens (tertiary/aromatic N) is 4. The molecular formula is C24H28Cl2N4O. The van der Waals surface area contributed by atoms with Gasteiger partial charge in [-0.15, -0.1) is 0 Å². The normalized spacial score (nSPS) is 20.8. The van der Waals surface area contributed by atoms with E-state index in [1.54, 1.807) is 6.07 Å². The lowest BCUT2D eigenvalue weighted by Gasteiger charge is -2.39. The van der Waals surface area contributed by atoms with E-state index in [9.17, 15) is 0 Å². The molecule has 2 fully saturated rings. The fraction of sp³-hybridized carbons (Fsp3) is 0.500. The van der Waals surface area contributed by atoms with Crippen molar-refractivity contribution in [1.82, 2.24) is 14.6 Å². The number of hydrogen-bond acceptors (Lipinski definition) is 4. The summed E-state index contributed by atoms with van der Waals surface area (Å²) in [5.74, 6) is 1.01. The van der Waals surface area contributed by atoms with Gasteiger partial charge in [-0.3, -0.25) is 0 Å². The molecule has 0 saturated carbocycles. The van der Waals surface area contributed by atoms with Crippen LogP contribution in [0.15, 0.2) is 24.3 Å². The topological polar surface area (TPSA) is 42.7 Å². The van der Waals surface area contributed by atoms with Gasteiger partial charge in [0.05, 0.1) is 39.8 Å². The number of aromatic nitrogens is 3. The monoisotopic (exact) mass is 458 g/mol. The minimum Gasteiger partial charge on any atom is -0.378 e. The van der Waals surface area contributed by atoms with Gasteiger partial charge in [0, 0.05) is 18.7 Å². The summed E-state index contributed by atoms with van der Waals surface area (Å²) in [7, 11) is 0. The summed E-state index contributed by atoms with van der Waals surface area (Å²) in [6, 6.07) is 7.87. The van der Waals surface area contributed by atoms with Crippen molar-refractivity contribution in [2.45, 2.75) is 52.6 Å². The Bertz CT molecular complexity index is 1130. The third-order valence-corrected chi connectivity index (χ3v) is 7.72. The molecule has 1 spiro atoms. The Kier molecular flexibility index (Phi) is 5.40. The number of halogens is 2. The highest BCUT2D eigenvalue weighted by Crippen LogP contribution is 2.43. The fourth-order valence-electron chi connectivity index (χ4n) is 5.17. The molecule has 2 aromatic heterocycles. The van der Waals surface area contributed by atoms with Crippen molar-refractivity contribution in [3.05, 3.63) is 45.7 Å². The summed E-state index contributed by atoms with van der Waals surface area (Å²) in [5.41, 5.74) is 5.06. The molecule has 0 unspecified atom stereocenters. The number of piperidine rings is 1. The SMILES string of the molecule is CCc1cc2c(N3CCC4(CC3)CO[C@@H](C)C4)nc(C)c(-c3cccc(Cl)c3Cl)n2n1. The molecule has 0 bridgehead atoms. The first-order valence-corrected chi connectivity index (χ1v) is 11.9. The van der Waals surface area contributed by atoms with Crippen LogP contribution >= 0.6 is 23.2 Å². The molecule has 3 aromatic rings. The molecule has 7 heteroatoms. The third kappa shape index (κ3) is 3.61. The van der Waals surface area contributed by atoms with Gasteiger partial charge in [0.2, 0.25) is 0 Å². The summed E-state index contributed by atoms with van der Waals surface area (Å²) < 4.78 is 7.92. The highest BCUT2D eigenvalue weighted by Gasteiger charge is 2.41. The first-order chi connectivity index (χ1) is 14.9. The van der Waals surface area contributed by atoms with E-state index in [0.717, 1.165) is 72.9 Å². The largest absolute Gasteiger partial charge is 0.378 e. The molecular weight excluding hydrogens is 431 g/mol. The van der Waals surface area contributed by atoms with Crippen LogP contribution in [0.3, 0.4) is 0 Å². The minimum absolute atomic E-state index is 0.338. The van der Waals surface area contributed by atoms with Crippen LogP contribution in [0.25, 0.3) is 16.8 Å². The van der Waals surface area contributed by atoms with Crippen molar-refractivity contribution in [2.75, 3.05) is 24.6 Å². The van der Waals surface area contributed by atoms with Gasteiger partial charge in [0.1, 0.15) is 5.52 Å². The van der Waals surface area contributed by atoms with Gasteiger partial charge in [-0.2, -0.15) is 5.10 Å². The maximum Gasteiger partial charge on any atom is 0.155 e. The molecule has 4 heterocycles. The summed E-state index contributed by atoms with van der Waals surface area (Å²) in [6.07, 6.45) is 4.69. The van der Waals surface area contributed by atoms with Gasteiger partial charge in [-0.05, 0) is 57.1 Å². The van der Waals surface area contributed by atoms with Crippen LogP contribution in [-0.2, 0) is 11.2 Å². The predicted molar refractivity (Wildman–Crippen MR) is 126 cm³/mol. The van der Waals surface area contributed by atoms with Crippen LogP contribution in [0.5, 0.6) is 0 Å². The van der Waals surface area contributed by atoms with Crippen molar-refractivity contribution >= 4 is 34.5 Å². The number of anilines is 1. The van der Waals surface area contributed by atoms with Crippen LogP contribution in [0.1, 0.15) is 44.5 Å². The quantitative estimate of drug-likeness (QED) is 0.484. The molecule has 0 aliphatic carbocycles. The first kappa shape index (κ1) is 21.0. The van der Waals surface area contributed by atoms with Crippen LogP contribution < -0.4 is 4.90 Å². The van der Waals surface area contributed by atoms with E-state index in [2.05, 4.69) is 24.8 Å². The summed E-state index contributed by atoms with van der Waals surface area (Å²) in [4.78, 5) is 7.50. The van der Waals surface area contributed by atoms with Crippen molar-refractivity contribution in [2.24, 2.45) is 5.41 Å². The Morgan fingerprint density at radius 1 is 1.23 bits per heavy atom. The number of ether oxygens (including phenoxy) is 1. The van der Waals surface area contributed by atoms with Gasteiger partial charge in [-0.25, -0.2) is 9.50 Å². The van der Waals surface area contributed by atoms with E-state index in [1.165, 1.54) is 6.42 Å². The van der Waals surface area contributed by atoms with Gasteiger partial charge >= 0.3 is 0 Å². The fourth-order valence-corrected chi connectivity index (χ4v) is 5.56. The first-order valence-electron chi connectivity index (χ1n) is 11.1. The Balaban J connectivity index is 1.58. The van der Waals surface area contributed by atoms with Crippen LogP contribution in [0.4, 0.5) is 5.82 Å². The molecule has 2 saturated heterocycles. The summed E-state index contributed by atoms with van der Waals surface area (Å²) in [5, 5.41) is 5.97. The average molecular weight is 459 g/mol. The zero-order valence-corrected chi connectivity index (χ0v) is 19.8. The van der Waals surface area contributed by atoms with Crippen molar-refractivity contribution < 1.29 is 4.74 Å². The second-order valence-corrected chi connectivity index (χ2v) is 9.86. The number of rotatable bonds is 3. The Labute approximate surface area is 193 Å². The van der Waals surface area contributed by atoms with Crippen molar-refractivity contribution in [3.8, 4) is 11.3 Å². The standard InChI is InChI=1S/C24H28Cl2N4O/c1-4-17-12-20-23(29-10-8-24(9-11-29)13-15(2)31-14-24)27-16(3)22(30(20)28-17)18-6-5-7-19(25)21(18)26/h5-7,12,15H,4,8-11,13-14H2,1-3H3/t15-/m0/s1. The van der Waals surface area contributed by atoms with Gasteiger partial charge in [0.15, 0.2) is 5.82 Å². The van der Waals surface area contributed by atoms with Gasteiger partial charge < -0.3 is 9.64 Å². The van der Waals surface area contributed by atoms with Crippen molar-refractivity contribution in [3.63, 3.8) is 0 Å². The summed E-state index contributed by atoms with van der Waals surface area (Å²) >= 11 is 12.9. The number of benzene rings is 1. The number of hydrogen-bond donors (Lipinski definition) is 0. The maximum atomic E-state index is 6.59. The molecule has 2 aliphatic rings. The molecule has 2 aliphatic heterocycles. The smallest absolute Gasteiger partial charge is 0.155 e. The molecule has 0 amide bonds.